The van der Waals surface area contributed by atoms with Gasteiger partial charge in [-0.25, -0.2) is 4.39 Å². The molecule has 0 unspecified atom stereocenters. The minimum Gasteiger partial charge on any atom is -0.496 e. The van der Waals surface area contributed by atoms with Crippen LogP contribution in [0.2, 0.25) is 0 Å². The Morgan fingerprint density at radius 1 is 1.53 bits per heavy atom. The molecule has 0 aliphatic carbocycles. The number of thioether (sulfide) groups is 1. The lowest BCUT2D eigenvalue weighted by Gasteiger charge is -2.06. The van der Waals surface area contributed by atoms with E-state index < -0.39 is 0 Å². The summed E-state index contributed by atoms with van der Waals surface area (Å²) in [5.41, 5.74) is 5.20. The molecule has 0 bridgehead atoms. The van der Waals surface area contributed by atoms with E-state index in [1.165, 1.54) is 17.8 Å². The van der Waals surface area contributed by atoms with Gasteiger partial charge in [-0.2, -0.15) is 0 Å². The Balaban J connectivity index is 2.61. The number of hydrogen-bond acceptors (Lipinski definition) is 3. The first-order valence-electron chi connectivity index (χ1n) is 4.58. The van der Waals surface area contributed by atoms with Crippen LogP contribution < -0.4 is 10.5 Å². The molecule has 15 heavy (non-hydrogen) atoms. The zero-order valence-electron chi connectivity index (χ0n) is 8.57. The van der Waals surface area contributed by atoms with E-state index in [1.807, 2.05) is 24.3 Å². The summed E-state index contributed by atoms with van der Waals surface area (Å²) < 4.78 is 18.2. The average molecular weight is 227 g/mol. The van der Waals surface area contributed by atoms with Crippen molar-refractivity contribution in [2.24, 2.45) is 5.73 Å². The van der Waals surface area contributed by atoms with Crippen molar-refractivity contribution in [1.29, 1.82) is 0 Å². The fourth-order valence-corrected chi connectivity index (χ4v) is 1.95. The minimum absolute atomic E-state index is 0.201. The van der Waals surface area contributed by atoms with Gasteiger partial charge in [0.25, 0.3) is 0 Å². The Kier molecular flexibility index (Phi) is 5.21. The maximum atomic E-state index is 13.0. The number of rotatable bonds is 5. The van der Waals surface area contributed by atoms with Gasteiger partial charge in [-0.1, -0.05) is 12.1 Å². The molecule has 0 aliphatic heterocycles. The summed E-state index contributed by atoms with van der Waals surface area (Å²) in [6, 6.07) is 7.54. The van der Waals surface area contributed by atoms with Gasteiger partial charge in [-0.3, -0.25) is 0 Å². The summed E-state index contributed by atoms with van der Waals surface area (Å²) >= 11 is 1.40. The highest BCUT2D eigenvalue weighted by atomic mass is 32.2. The topological polar surface area (TPSA) is 35.2 Å². The second-order valence-corrected chi connectivity index (χ2v) is 3.84. The second kappa shape index (κ2) is 6.48. The van der Waals surface area contributed by atoms with Crippen LogP contribution in [0.25, 0.3) is 0 Å². The predicted octanol–water partition coefficient (Wildman–Crippen LogP) is 2.60. The third kappa shape index (κ3) is 3.93. The first-order valence-corrected chi connectivity index (χ1v) is 5.57. The van der Waals surface area contributed by atoms with Gasteiger partial charge in [0.2, 0.25) is 0 Å². The van der Waals surface area contributed by atoms with Crippen LogP contribution in [0.1, 0.15) is 0 Å². The molecule has 4 heteroatoms. The van der Waals surface area contributed by atoms with Gasteiger partial charge < -0.3 is 10.5 Å². The number of nitrogens with two attached hydrogens (primary N) is 1. The Hall–Kier alpha value is -1.00. The lowest BCUT2D eigenvalue weighted by Crippen LogP contribution is -1.95. The smallest absolute Gasteiger partial charge is 0.132 e. The van der Waals surface area contributed by atoms with Crippen LogP contribution in [0.5, 0.6) is 5.75 Å². The van der Waals surface area contributed by atoms with Crippen LogP contribution in [0.15, 0.2) is 41.1 Å². The van der Waals surface area contributed by atoms with Gasteiger partial charge >= 0.3 is 0 Å². The summed E-state index contributed by atoms with van der Waals surface area (Å²) in [6.45, 7) is 0.234. The third-order valence-corrected chi connectivity index (χ3v) is 2.84. The van der Waals surface area contributed by atoms with Crippen molar-refractivity contribution in [2.75, 3.05) is 19.4 Å². The molecule has 0 saturated heterocycles. The normalized spacial score (nSPS) is 11.5. The molecule has 0 radical (unpaired) electrons. The van der Waals surface area contributed by atoms with E-state index in [9.17, 15) is 4.39 Å². The van der Waals surface area contributed by atoms with E-state index in [2.05, 4.69) is 0 Å². The van der Waals surface area contributed by atoms with Crippen molar-refractivity contribution in [3.05, 3.63) is 36.2 Å². The summed E-state index contributed by atoms with van der Waals surface area (Å²) in [7, 11) is 1.60. The predicted molar refractivity (Wildman–Crippen MR) is 62.0 cm³/mol. The van der Waals surface area contributed by atoms with Gasteiger partial charge in [0.05, 0.1) is 7.11 Å². The van der Waals surface area contributed by atoms with Crippen LogP contribution in [0.4, 0.5) is 4.39 Å². The van der Waals surface area contributed by atoms with Gasteiger partial charge in [0.15, 0.2) is 0 Å². The molecule has 1 rings (SSSR count). The van der Waals surface area contributed by atoms with Crippen molar-refractivity contribution in [3.8, 4) is 5.75 Å². The number of benzene rings is 1. The summed E-state index contributed by atoms with van der Waals surface area (Å²) in [5, 5.41) is 0. The molecular weight excluding hydrogens is 213 g/mol. The average Bonchev–Trinajstić information content (AvgIpc) is 2.27. The first-order chi connectivity index (χ1) is 7.27. The van der Waals surface area contributed by atoms with Crippen LogP contribution in [0, 0.1) is 0 Å². The minimum atomic E-state index is -0.201. The lowest BCUT2D eigenvalue weighted by molar-refractivity contribution is 0.405. The Morgan fingerprint density at radius 3 is 2.93 bits per heavy atom. The Morgan fingerprint density at radius 2 is 2.27 bits per heavy atom. The van der Waals surface area contributed by atoms with Crippen molar-refractivity contribution < 1.29 is 9.13 Å². The van der Waals surface area contributed by atoms with E-state index in [-0.39, 0.29) is 18.1 Å². The van der Waals surface area contributed by atoms with E-state index in [1.54, 1.807) is 7.11 Å². The zero-order valence-corrected chi connectivity index (χ0v) is 9.39. The number of methoxy groups -OCH3 is 1. The molecule has 0 amide bonds. The molecule has 2 nitrogen and oxygen atoms in total. The SMILES string of the molecule is COc1ccccc1SC/C(F)=C/CN. The standard InChI is InChI=1S/C11H14FNOS/c1-14-10-4-2-3-5-11(10)15-8-9(12)6-7-13/h2-6H,7-8,13H2,1H3/b9-6-. The van der Waals surface area contributed by atoms with Crippen LogP contribution in [-0.2, 0) is 0 Å². The molecule has 2 N–H and O–H groups in total. The largest absolute Gasteiger partial charge is 0.496 e. The fraction of sp³-hybridized carbons (Fsp3) is 0.273. The zero-order chi connectivity index (χ0) is 11.1. The van der Waals surface area contributed by atoms with Crippen LogP contribution >= 0.6 is 11.8 Å². The molecule has 0 aliphatic rings. The molecule has 0 atom stereocenters. The third-order valence-electron chi connectivity index (χ3n) is 1.77. The molecular formula is C11H14FNOS. The van der Waals surface area contributed by atoms with E-state index in [0.29, 0.717) is 0 Å². The quantitative estimate of drug-likeness (QED) is 0.785. The molecule has 0 aromatic heterocycles. The maximum absolute atomic E-state index is 13.0. The first kappa shape index (κ1) is 12.1. The Labute approximate surface area is 93.3 Å². The highest BCUT2D eigenvalue weighted by Crippen LogP contribution is 2.29. The van der Waals surface area contributed by atoms with Gasteiger partial charge in [-0.05, 0) is 18.2 Å². The van der Waals surface area contributed by atoms with Crippen molar-refractivity contribution in [3.63, 3.8) is 0 Å². The summed E-state index contributed by atoms with van der Waals surface area (Å²) in [5.74, 6) is 0.855. The van der Waals surface area contributed by atoms with Crippen LogP contribution in [0.3, 0.4) is 0 Å². The van der Waals surface area contributed by atoms with E-state index in [0.717, 1.165) is 10.6 Å². The monoisotopic (exact) mass is 227 g/mol. The molecule has 0 spiro atoms. The molecule has 1 aromatic carbocycles. The summed E-state index contributed by atoms with van der Waals surface area (Å²) in [4.78, 5) is 0.931. The maximum Gasteiger partial charge on any atom is 0.132 e. The second-order valence-electron chi connectivity index (χ2n) is 2.83. The van der Waals surface area contributed by atoms with Crippen molar-refractivity contribution in [1.82, 2.24) is 0 Å². The van der Waals surface area contributed by atoms with E-state index in [4.69, 9.17) is 10.5 Å². The lowest BCUT2D eigenvalue weighted by atomic mass is 10.3. The van der Waals surface area contributed by atoms with Crippen molar-refractivity contribution >= 4 is 11.8 Å². The van der Waals surface area contributed by atoms with Gasteiger partial charge in [0, 0.05) is 17.2 Å². The van der Waals surface area contributed by atoms with Gasteiger partial charge in [0.1, 0.15) is 11.6 Å². The van der Waals surface area contributed by atoms with E-state index >= 15 is 0 Å². The van der Waals surface area contributed by atoms with Crippen molar-refractivity contribution in [2.45, 2.75) is 4.90 Å². The number of para-hydroxylation sites is 1. The molecule has 0 heterocycles. The number of halogens is 1. The number of ether oxygens (including phenoxy) is 1. The highest BCUT2D eigenvalue weighted by Gasteiger charge is 2.03. The van der Waals surface area contributed by atoms with Crippen LogP contribution in [-0.4, -0.2) is 19.4 Å². The molecule has 1 aromatic rings. The molecule has 0 saturated carbocycles. The van der Waals surface area contributed by atoms with Gasteiger partial charge in [-0.15, -0.1) is 11.8 Å². The summed E-state index contributed by atoms with van der Waals surface area (Å²) in [6.07, 6.45) is 1.38. The molecule has 0 fully saturated rings. The molecule has 82 valence electrons. The Bertz CT molecular complexity index is 341. The number of hydrogen-bond donors (Lipinski definition) is 1. The fourth-order valence-electron chi connectivity index (χ4n) is 1.07. The highest BCUT2D eigenvalue weighted by molar-refractivity contribution is 7.99.